The highest BCUT2D eigenvalue weighted by Crippen LogP contribution is 2.16. The molecule has 0 aromatic heterocycles. The van der Waals surface area contributed by atoms with Gasteiger partial charge in [-0.3, -0.25) is 0 Å². The van der Waals surface area contributed by atoms with Crippen LogP contribution in [0.1, 0.15) is 11.1 Å². The predicted molar refractivity (Wildman–Crippen MR) is 71.0 cm³/mol. The fraction of sp³-hybridized carbons (Fsp3) is 0.143. The maximum Gasteiger partial charge on any atom is 0.130 e. The van der Waals surface area contributed by atoms with Crippen LogP contribution in [0.5, 0.6) is 0 Å². The summed E-state index contributed by atoms with van der Waals surface area (Å²) in [4.78, 5) is 0. The van der Waals surface area contributed by atoms with Gasteiger partial charge in [0.2, 0.25) is 0 Å². The van der Waals surface area contributed by atoms with Crippen molar-refractivity contribution in [3.63, 3.8) is 0 Å². The molecular weight excluding hydrogens is 300 g/mol. The third-order valence-electron chi connectivity index (χ3n) is 2.60. The van der Waals surface area contributed by atoms with Gasteiger partial charge in [-0.25, -0.2) is 8.78 Å². The molecule has 0 aliphatic rings. The zero-order chi connectivity index (χ0) is 13.0. The van der Waals surface area contributed by atoms with Crippen LogP contribution in [0, 0.1) is 11.6 Å². The first-order valence-corrected chi connectivity index (χ1v) is 6.34. The van der Waals surface area contributed by atoms with E-state index in [1.54, 1.807) is 0 Å². The van der Waals surface area contributed by atoms with Gasteiger partial charge in [0, 0.05) is 29.2 Å². The summed E-state index contributed by atoms with van der Waals surface area (Å²) in [5.74, 6) is -1.07. The molecule has 2 aromatic rings. The smallest absolute Gasteiger partial charge is 0.130 e. The van der Waals surface area contributed by atoms with Crippen LogP contribution in [-0.2, 0) is 13.1 Å². The molecule has 4 heteroatoms. The highest BCUT2D eigenvalue weighted by atomic mass is 79.9. The van der Waals surface area contributed by atoms with Crippen LogP contribution in [0.4, 0.5) is 8.78 Å². The molecule has 0 spiro atoms. The first kappa shape index (κ1) is 13.2. The van der Waals surface area contributed by atoms with E-state index >= 15 is 0 Å². The Hall–Kier alpha value is -1.26. The number of hydrogen-bond donors (Lipinski definition) is 1. The second kappa shape index (κ2) is 6.07. The van der Waals surface area contributed by atoms with Crippen molar-refractivity contribution < 1.29 is 8.78 Å². The van der Waals surface area contributed by atoms with E-state index in [9.17, 15) is 8.78 Å². The molecule has 0 amide bonds. The summed E-state index contributed by atoms with van der Waals surface area (Å²) in [5, 5.41) is 3.13. The molecule has 0 bridgehead atoms. The van der Waals surface area contributed by atoms with Gasteiger partial charge in [0.1, 0.15) is 11.6 Å². The third-order valence-corrected chi connectivity index (χ3v) is 3.38. The number of nitrogens with one attached hydrogen (secondary N) is 1. The van der Waals surface area contributed by atoms with E-state index in [4.69, 9.17) is 0 Å². The Morgan fingerprint density at radius 1 is 0.944 bits per heavy atom. The van der Waals surface area contributed by atoms with Crippen molar-refractivity contribution in [1.82, 2.24) is 5.32 Å². The molecule has 18 heavy (non-hydrogen) atoms. The van der Waals surface area contributed by atoms with E-state index in [1.165, 1.54) is 12.1 Å². The lowest BCUT2D eigenvalue weighted by molar-refractivity contribution is 0.560. The van der Waals surface area contributed by atoms with Crippen molar-refractivity contribution in [2.24, 2.45) is 0 Å². The normalized spacial score (nSPS) is 10.6. The summed E-state index contributed by atoms with van der Waals surface area (Å²) in [6.07, 6.45) is 0. The molecule has 1 N–H and O–H groups in total. The number of hydrogen-bond acceptors (Lipinski definition) is 1. The molecule has 0 saturated heterocycles. The van der Waals surface area contributed by atoms with E-state index in [0.29, 0.717) is 18.7 Å². The first-order chi connectivity index (χ1) is 8.66. The fourth-order valence-corrected chi connectivity index (χ4v) is 2.06. The molecule has 0 fully saturated rings. The summed E-state index contributed by atoms with van der Waals surface area (Å²) in [6, 6.07) is 11.4. The first-order valence-electron chi connectivity index (χ1n) is 5.55. The highest BCUT2D eigenvalue weighted by Gasteiger charge is 2.04. The Kier molecular flexibility index (Phi) is 4.44. The summed E-state index contributed by atoms with van der Waals surface area (Å²) in [6.45, 7) is 0.992. The Bertz CT molecular complexity index is 543. The molecule has 0 unspecified atom stereocenters. The molecule has 0 heterocycles. The molecule has 2 aromatic carbocycles. The van der Waals surface area contributed by atoms with Gasteiger partial charge in [-0.2, -0.15) is 0 Å². The van der Waals surface area contributed by atoms with Crippen molar-refractivity contribution in [2.75, 3.05) is 0 Å². The molecule has 0 atom stereocenters. The van der Waals surface area contributed by atoms with Gasteiger partial charge in [0.25, 0.3) is 0 Å². The lowest BCUT2D eigenvalue weighted by Crippen LogP contribution is -2.14. The minimum absolute atomic E-state index is 0.368. The minimum Gasteiger partial charge on any atom is -0.308 e. The van der Waals surface area contributed by atoms with E-state index in [0.717, 1.165) is 16.1 Å². The third kappa shape index (κ3) is 3.37. The zero-order valence-corrected chi connectivity index (χ0v) is 11.2. The van der Waals surface area contributed by atoms with Crippen LogP contribution < -0.4 is 5.32 Å². The summed E-state index contributed by atoms with van der Waals surface area (Å²) < 4.78 is 27.1. The van der Waals surface area contributed by atoms with Crippen LogP contribution >= 0.6 is 15.9 Å². The van der Waals surface area contributed by atoms with Gasteiger partial charge >= 0.3 is 0 Å². The maximum absolute atomic E-state index is 13.4. The molecule has 0 aliphatic carbocycles. The average Bonchev–Trinajstić information content (AvgIpc) is 2.34. The Morgan fingerprint density at radius 3 is 2.39 bits per heavy atom. The van der Waals surface area contributed by atoms with Crippen molar-refractivity contribution >= 4 is 15.9 Å². The summed E-state index contributed by atoms with van der Waals surface area (Å²) in [5.41, 5.74) is 1.56. The lowest BCUT2D eigenvalue weighted by atomic mass is 10.2. The molecule has 1 nitrogen and oxygen atoms in total. The predicted octanol–water partition coefficient (Wildman–Crippen LogP) is 4.02. The van der Waals surface area contributed by atoms with Gasteiger partial charge in [0.05, 0.1) is 0 Å². The fourth-order valence-electron chi connectivity index (χ4n) is 1.64. The molecular formula is C14H12BrF2N. The van der Waals surface area contributed by atoms with E-state index in [1.807, 2.05) is 24.3 Å². The van der Waals surface area contributed by atoms with Gasteiger partial charge in [0.15, 0.2) is 0 Å². The quantitative estimate of drug-likeness (QED) is 0.899. The Balaban J connectivity index is 1.95. The number of benzene rings is 2. The molecule has 2 rings (SSSR count). The topological polar surface area (TPSA) is 12.0 Å². The largest absolute Gasteiger partial charge is 0.308 e. The van der Waals surface area contributed by atoms with Gasteiger partial charge in [-0.1, -0.05) is 40.2 Å². The standard InChI is InChI=1S/C14H12BrF2N/c15-13-4-2-1-3-10(13)8-18-9-11-5-6-12(16)7-14(11)17/h1-7,18H,8-9H2. The number of rotatable bonds is 4. The SMILES string of the molecule is Fc1ccc(CNCc2ccccc2Br)c(F)c1. The number of halogens is 3. The van der Waals surface area contributed by atoms with Crippen LogP contribution in [0.2, 0.25) is 0 Å². The van der Waals surface area contributed by atoms with Crippen molar-refractivity contribution in [3.8, 4) is 0 Å². The molecule has 0 radical (unpaired) electrons. The molecule has 0 aliphatic heterocycles. The van der Waals surface area contributed by atoms with Gasteiger partial charge < -0.3 is 5.32 Å². The van der Waals surface area contributed by atoms with Gasteiger partial charge in [-0.15, -0.1) is 0 Å². The lowest BCUT2D eigenvalue weighted by Gasteiger charge is -2.07. The van der Waals surface area contributed by atoms with Crippen molar-refractivity contribution in [1.29, 1.82) is 0 Å². The van der Waals surface area contributed by atoms with E-state index < -0.39 is 11.6 Å². The van der Waals surface area contributed by atoms with E-state index in [2.05, 4.69) is 21.2 Å². The van der Waals surface area contributed by atoms with Crippen LogP contribution in [0.3, 0.4) is 0 Å². The average molecular weight is 312 g/mol. The second-order valence-electron chi connectivity index (χ2n) is 3.93. The van der Waals surface area contributed by atoms with Crippen molar-refractivity contribution in [3.05, 3.63) is 69.7 Å². The van der Waals surface area contributed by atoms with Gasteiger partial charge in [-0.05, 0) is 17.7 Å². The Morgan fingerprint density at radius 2 is 1.67 bits per heavy atom. The van der Waals surface area contributed by atoms with Crippen molar-refractivity contribution in [2.45, 2.75) is 13.1 Å². The maximum atomic E-state index is 13.4. The van der Waals surface area contributed by atoms with Crippen LogP contribution in [-0.4, -0.2) is 0 Å². The monoisotopic (exact) mass is 311 g/mol. The van der Waals surface area contributed by atoms with Crippen LogP contribution in [0.25, 0.3) is 0 Å². The summed E-state index contributed by atoms with van der Waals surface area (Å²) >= 11 is 3.44. The van der Waals surface area contributed by atoms with E-state index in [-0.39, 0.29) is 0 Å². The highest BCUT2D eigenvalue weighted by molar-refractivity contribution is 9.10. The minimum atomic E-state index is -0.554. The zero-order valence-electron chi connectivity index (χ0n) is 9.59. The molecule has 0 saturated carbocycles. The molecule has 94 valence electrons. The summed E-state index contributed by atoms with van der Waals surface area (Å²) in [7, 11) is 0. The second-order valence-corrected chi connectivity index (χ2v) is 4.79. The van der Waals surface area contributed by atoms with Crippen LogP contribution in [0.15, 0.2) is 46.9 Å². The Labute approximate surface area is 113 Å².